The second kappa shape index (κ2) is 5.97. The van der Waals surface area contributed by atoms with E-state index in [1.165, 1.54) is 12.7 Å². The van der Waals surface area contributed by atoms with Crippen molar-refractivity contribution in [2.45, 2.75) is 13.5 Å². The number of anilines is 1. The number of carbonyl (C=O) groups excluding carboxylic acids is 1. The first-order valence-corrected chi connectivity index (χ1v) is 7.82. The van der Waals surface area contributed by atoms with Gasteiger partial charge >= 0.3 is 5.97 Å². The first-order valence-electron chi connectivity index (χ1n) is 7.03. The van der Waals surface area contributed by atoms with E-state index in [1.807, 2.05) is 54.3 Å². The smallest absolute Gasteiger partial charge is 0.354 e. The maximum Gasteiger partial charge on any atom is 0.354 e. The molecule has 0 saturated carbocycles. The third kappa shape index (κ3) is 2.44. The molecule has 2 aromatic carbocycles. The topological polar surface area (TPSA) is 29.5 Å². The summed E-state index contributed by atoms with van der Waals surface area (Å²) < 4.78 is 5.96. The van der Waals surface area contributed by atoms with Gasteiger partial charge in [0.2, 0.25) is 0 Å². The zero-order valence-electron chi connectivity index (χ0n) is 12.5. The molecule has 22 heavy (non-hydrogen) atoms. The molecule has 0 unspecified atom stereocenters. The maximum absolute atomic E-state index is 12.3. The van der Waals surface area contributed by atoms with E-state index in [2.05, 4.69) is 22.0 Å². The van der Waals surface area contributed by atoms with Crippen LogP contribution in [0.5, 0.6) is 0 Å². The van der Waals surface area contributed by atoms with Crippen molar-refractivity contribution >= 4 is 33.2 Å². The highest BCUT2D eigenvalue weighted by atomic mass is 79.9. The third-order valence-corrected chi connectivity index (χ3v) is 4.57. The summed E-state index contributed by atoms with van der Waals surface area (Å²) >= 11 is 3.57. The molecular formula is C18H16BrNO2. The first-order chi connectivity index (χ1) is 10.6. The minimum absolute atomic E-state index is 0.317. The van der Waals surface area contributed by atoms with Gasteiger partial charge in [-0.1, -0.05) is 36.4 Å². The van der Waals surface area contributed by atoms with Gasteiger partial charge in [0.05, 0.1) is 12.8 Å². The first kappa shape index (κ1) is 14.9. The van der Waals surface area contributed by atoms with Crippen molar-refractivity contribution in [3.63, 3.8) is 0 Å². The van der Waals surface area contributed by atoms with E-state index in [1.54, 1.807) is 0 Å². The highest BCUT2D eigenvalue weighted by Crippen LogP contribution is 2.38. The van der Waals surface area contributed by atoms with E-state index in [0.717, 1.165) is 21.3 Å². The van der Waals surface area contributed by atoms with E-state index in [0.29, 0.717) is 12.2 Å². The molecule has 112 valence electrons. The van der Waals surface area contributed by atoms with Crippen LogP contribution in [-0.4, -0.2) is 13.1 Å². The summed E-state index contributed by atoms with van der Waals surface area (Å²) in [6.07, 6.45) is 0. The van der Waals surface area contributed by atoms with E-state index in [9.17, 15) is 4.79 Å². The molecule has 3 nitrogen and oxygen atoms in total. The van der Waals surface area contributed by atoms with Crippen LogP contribution in [0.2, 0.25) is 0 Å². The molecule has 4 heteroatoms. The summed E-state index contributed by atoms with van der Waals surface area (Å²) in [5.41, 5.74) is 4.78. The summed E-state index contributed by atoms with van der Waals surface area (Å²) in [4.78, 5) is 14.4. The Morgan fingerprint density at radius 3 is 2.55 bits per heavy atom. The van der Waals surface area contributed by atoms with Crippen molar-refractivity contribution < 1.29 is 9.53 Å². The van der Waals surface area contributed by atoms with Crippen molar-refractivity contribution in [2.75, 3.05) is 12.0 Å². The molecule has 2 aromatic rings. The van der Waals surface area contributed by atoms with E-state index in [4.69, 9.17) is 4.74 Å². The summed E-state index contributed by atoms with van der Waals surface area (Å²) in [5.74, 6) is -0.317. The van der Waals surface area contributed by atoms with Gasteiger partial charge in [-0.15, -0.1) is 0 Å². The SMILES string of the molecule is COC(=O)C1=C(C)c2ccccc2CN1c1ccccc1Br. The van der Waals surface area contributed by atoms with Crippen LogP contribution in [0.3, 0.4) is 0 Å². The van der Waals surface area contributed by atoms with Crippen LogP contribution in [-0.2, 0) is 16.1 Å². The van der Waals surface area contributed by atoms with Crippen molar-refractivity contribution in [3.05, 3.63) is 69.8 Å². The van der Waals surface area contributed by atoms with Crippen molar-refractivity contribution in [2.24, 2.45) is 0 Å². The predicted molar refractivity (Wildman–Crippen MR) is 91.4 cm³/mol. The van der Waals surface area contributed by atoms with Gasteiger partial charge in [0.25, 0.3) is 0 Å². The molecule has 0 spiro atoms. The second-order valence-corrected chi connectivity index (χ2v) is 6.01. The predicted octanol–water partition coefficient (Wildman–Crippen LogP) is 4.37. The van der Waals surface area contributed by atoms with Crippen molar-refractivity contribution in [1.82, 2.24) is 0 Å². The van der Waals surface area contributed by atoms with Crippen LogP contribution >= 0.6 is 15.9 Å². The zero-order valence-corrected chi connectivity index (χ0v) is 14.1. The Morgan fingerprint density at radius 1 is 1.14 bits per heavy atom. The molecule has 1 aliphatic rings. The van der Waals surface area contributed by atoms with Crippen LogP contribution in [0.15, 0.2) is 58.7 Å². The number of rotatable bonds is 2. The molecule has 0 bridgehead atoms. The van der Waals surface area contributed by atoms with E-state index < -0.39 is 0 Å². The van der Waals surface area contributed by atoms with Gasteiger partial charge in [-0.05, 0) is 51.7 Å². The lowest BCUT2D eigenvalue weighted by molar-refractivity contribution is -0.136. The third-order valence-electron chi connectivity index (χ3n) is 3.90. The number of benzene rings is 2. The van der Waals surface area contributed by atoms with Gasteiger partial charge < -0.3 is 9.64 Å². The zero-order chi connectivity index (χ0) is 15.7. The molecule has 0 amide bonds. The number of carbonyl (C=O) groups is 1. The van der Waals surface area contributed by atoms with Crippen molar-refractivity contribution in [1.29, 1.82) is 0 Å². The number of allylic oxidation sites excluding steroid dienone is 1. The molecule has 0 aromatic heterocycles. The quantitative estimate of drug-likeness (QED) is 0.747. The Hall–Kier alpha value is -2.07. The number of para-hydroxylation sites is 1. The number of hydrogen-bond donors (Lipinski definition) is 0. The molecule has 3 rings (SSSR count). The number of halogens is 1. The molecular weight excluding hydrogens is 342 g/mol. The number of methoxy groups -OCH3 is 1. The standard InChI is InChI=1S/C18H16BrNO2/c1-12-14-8-4-3-7-13(14)11-20(17(12)18(21)22-2)16-10-6-5-9-15(16)19/h3-10H,11H2,1-2H3. The van der Waals surface area contributed by atoms with Crippen LogP contribution < -0.4 is 4.90 Å². The molecule has 0 N–H and O–H groups in total. The average Bonchev–Trinajstić information content (AvgIpc) is 2.54. The van der Waals surface area contributed by atoms with Gasteiger partial charge in [-0.2, -0.15) is 0 Å². The molecule has 0 fully saturated rings. The molecule has 1 aliphatic heterocycles. The summed E-state index contributed by atoms with van der Waals surface area (Å²) in [6, 6.07) is 16.0. The monoisotopic (exact) mass is 357 g/mol. The van der Waals surface area contributed by atoms with Crippen molar-refractivity contribution in [3.8, 4) is 0 Å². The molecule has 0 radical (unpaired) electrons. The Kier molecular flexibility index (Phi) is 4.03. The molecule has 0 saturated heterocycles. The Bertz CT molecular complexity index is 767. The summed E-state index contributed by atoms with van der Waals surface area (Å²) in [6.45, 7) is 2.61. The fraction of sp³-hybridized carbons (Fsp3) is 0.167. The molecule has 0 atom stereocenters. The van der Waals surface area contributed by atoms with E-state index >= 15 is 0 Å². The lowest BCUT2D eigenvalue weighted by Gasteiger charge is -2.33. The lowest BCUT2D eigenvalue weighted by Crippen LogP contribution is -2.32. The highest BCUT2D eigenvalue weighted by molar-refractivity contribution is 9.10. The Balaban J connectivity index is 2.21. The molecule has 0 aliphatic carbocycles. The van der Waals surface area contributed by atoms with Gasteiger partial charge in [0, 0.05) is 11.0 Å². The van der Waals surface area contributed by atoms with Crippen LogP contribution in [0.4, 0.5) is 5.69 Å². The minimum atomic E-state index is -0.317. The fourth-order valence-corrected chi connectivity index (χ4v) is 3.34. The molecule has 1 heterocycles. The van der Waals surface area contributed by atoms with Gasteiger partial charge in [0.1, 0.15) is 5.70 Å². The average molecular weight is 358 g/mol. The highest BCUT2D eigenvalue weighted by Gasteiger charge is 2.29. The van der Waals surface area contributed by atoms with Gasteiger partial charge in [-0.3, -0.25) is 0 Å². The fourth-order valence-electron chi connectivity index (χ4n) is 2.84. The normalized spacial score (nSPS) is 13.9. The number of nitrogens with zero attached hydrogens (tertiary/aromatic N) is 1. The number of hydrogen-bond acceptors (Lipinski definition) is 3. The minimum Gasteiger partial charge on any atom is -0.464 e. The number of ether oxygens (including phenoxy) is 1. The van der Waals surface area contributed by atoms with Gasteiger partial charge in [-0.25, -0.2) is 4.79 Å². The van der Waals surface area contributed by atoms with Crippen LogP contribution in [0.25, 0.3) is 5.57 Å². The maximum atomic E-state index is 12.3. The Labute approximate surface area is 138 Å². The lowest BCUT2D eigenvalue weighted by atomic mass is 9.94. The van der Waals surface area contributed by atoms with E-state index in [-0.39, 0.29) is 5.97 Å². The summed E-state index contributed by atoms with van der Waals surface area (Å²) in [5, 5.41) is 0. The largest absolute Gasteiger partial charge is 0.464 e. The Morgan fingerprint density at radius 2 is 1.82 bits per heavy atom. The summed E-state index contributed by atoms with van der Waals surface area (Å²) in [7, 11) is 1.42. The number of fused-ring (bicyclic) bond motifs is 1. The second-order valence-electron chi connectivity index (χ2n) is 5.16. The van der Waals surface area contributed by atoms with Crippen LogP contribution in [0, 0.1) is 0 Å². The number of esters is 1. The van der Waals surface area contributed by atoms with Gasteiger partial charge in [0.15, 0.2) is 0 Å². The van der Waals surface area contributed by atoms with Crippen LogP contribution in [0.1, 0.15) is 18.1 Å².